The molecule has 0 unspecified atom stereocenters. The van der Waals surface area contributed by atoms with Crippen molar-refractivity contribution < 1.29 is 14.3 Å². The molecule has 0 spiro atoms. The van der Waals surface area contributed by atoms with Crippen molar-refractivity contribution >= 4 is 40.5 Å². The molecule has 1 atom stereocenters. The number of piperazine rings is 1. The molecule has 202 valence electrons. The quantitative estimate of drug-likeness (QED) is 0.507. The van der Waals surface area contributed by atoms with E-state index in [4.69, 9.17) is 21.3 Å². The number of carbonyl (C=O) groups is 2. The van der Waals surface area contributed by atoms with E-state index in [-0.39, 0.29) is 18.0 Å². The van der Waals surface area contributed by atoms with Crippen LogP contribution in [0.5, 0.6) is 0 Å². The maximum atomic E-state index is 12.9. The lowest BCUT2D eigenvalue weighted by Crippen LogP contribution is -2.53. The Morgan fingerprint density at radius 3 is 2.63 bits per heavy atom. The van der Waals surface area contributed by atoms with E-state index in [1.165, 1.54) is 0 Å². The smallest absolute Gasteiger partial charge is 0.410 e. The monoisotopic (exact) mass is 539 g/mol. The van der Waals surface area contributed by atoms with Gasteiger partial charge in [0.2, 0.25) is 11.9 Å². The molecule has 11 heteroatoms. The zero-order valence-corrected chi connectivity index (χ0v) is 22.8. The lowest BCUT2D eigenvalue weighted by atomic mass is 10.1. The molecule has 2 fully saturated rings. The standard InChI is InChI=1S/C27H34ClN7O3/c1-27(2,3)38-26(37)35-12-10-34(11-13-35)23(36)17-33-9-8-18(16-33)31-25-30-15-21(28)24(32-25)20-14-29-22-7-5-4-6-19(20)22/h4-7,14-15,18,29H,8-13,16-17H2,1-3H3,(H,30,31,32)/t18-/m1/s1. The molecule has 2 aliphatic heterocycles. The molecule has 0 saturated carbocycles. The van der Waals surface area contributed by atoms with Crippen LogP contribution in [0.1, 0.15) is 27.2 Å². The predicted octanol–water partition coefficient (Wildman–Crippen LogP) is 3.84. The number of likely N-dealkylation sites (tertiary alicyclic amines) is 1. The average Bonchev–Trinajstić information content (AvgIpc) is 3.51. The van der Waals surface area contributed by atoms with E-state index in [1.54, 1.807) is 11.1 Å². The summed E-state index contributed by atoms with van der Waals surface area (Å²) in [6.45, 7) is 9.44. The molecule has 5 rings (SSSR count). The van der Waals surface area contributed by atoms with E-state index < -0.39 is 5.60 Å². The van der Waals surface area contributed by atoms with E-state index in [2.05, 4.69) is 20.2 Å². The number of ether oxygens (including phenoxy) is 1. The number of halogens is 1. The van der Waals surface area contributed by atoms with Gasteiger partial charge < -0.3 is 24.8 Å². The number of nitrogens with one attached hydrogen (secondary N) is 2. The summed E-state index contributed by atoms with van der Waals surface area (Å²) in [7, 11) is 0. The number of rotatable bonds is 5. The molecule has 4 heterocycles. The lowest BCUT2D eigenvalue weighted by Gasteiger charge is -2.36. The summed E-state index contributed by atoms with van der Waals surface area (Å²) in [5.74, 6) is 0.602. The van der Waals surface area contributed by atoms with E-state index in [1.807, 2.05) is 56.1 Å². The fraction of sp³-hybridized carbons (Fsp3) is 0.481. The van der Waals surface area contributed by atoms with Crippen LogP contribution in [0.2, 0.25) is 5.02 Å². The second kappa shape index (κ2) is 10.8. The van der Waals surface area contributed by atoms with Gasteiger partial charge in [0.1, 0.15) is 5.60 Å². The van der Waals surface area contributed by atoms with Gasteiger partial charge in [-0.3, -0.25) is 9.69 Å². The number of aromatic nitrogens is 3. The van der Waals surface area contributed by atoms with Gasteiger partial charge in [-0.1, -0.05) is 29.8 Å². The van der Waals surface area contributed by atoms with Crippen LogP contribution in [0.25, 0.3) is 22.2 Å². The summed E-state index contributed by atoms with van der Waals surface area (Å²) in [4.78, 5) is 43.2. The van der Waals surface area contributed by atoms with Crippen LogP contribution in [0.4, 0.5) is 10.7 Å². The molecule has 0 aliphatic carbocycles. The molecule has 0 bridgehead atoms. The highest BCUT2D eigenvalue weighted by Crippen LogP contribution is 2.32. The summed E-state index contributed by atoms with van der Waals surface area (Å²) in [6.07, 6.45) is 4.10. The Morgan fingerprint density at radius 1 is 1.13 bits per heavy atom. The van der Waals surface area contributed by atoms with Crippen molar-refractivity contribution in [2.75, 3.05) is 51.1 Å². The number of hydrogen-bond acceptors (Lipinski definition) is 7. The first-order valence-corrected chi connectivity index (χ1v) is 13.4. The summed E-state index contributed by atoms with van der Waals surface area (Å²) in [5.41, 5.74) is 2.10. The Hall–Kier alpha value is -3.37. The second-order valence-corrected chi connectivity index (χ2v) is 11.3. The molecule has 10 nitrogen and oxygen atoms in total. The first-order valence-electron chi connectivity index (χ1n) is 13.0. The first kappa shape index (κ1) is 26.2. The van der Waals surface area contributed by atoms with Crippen molar-refractivity contribution in [2.24, 2.45) is 0 Å². The maximum absolute atomic E-state index is 12.9. The van der Waals surface area contributed by atoms with Gasteiger partial charge in [0.05, 0.1) is 23.5 Å². The van der Waals surface area contributed by atoms with E-state index in [9.17, 15) is 9.59 Å². The van der Waals surface area contributed by atoms with E-state index in [0.717, 1.165) is 36.0 Å². The molecular weight excluding hydrogens is 506 g/mol. The number of fused-ring (bicyclic) bond motifs is 1. The van der Waals surface area contributed by atoms with Crippen molar-refractivity contribution in [2.45, 2.75) is 38.8 Å². The normalized spacial score (nSPS) is 18.7. The van der Waals surface area contributed by atoms with Crippen molar-refractivity contribution in [3.05, 3.63) is 41.7 Å². The van der Waals surface area contributed by atoms with Gasteiger partial charge in [-0.15, -0.1) is 0 Å². The molecule has 1 aromatic carbocycles. The van der Waals surface area contributed by atoms with Crippen LogP contribution in [0.15, 0.2) is 36.7 Å². The minimum absolute atomic E-state index is 0.0823. The van der Waals surface area contributed by atoms with Crippen LogP contribution in [0, 0.1) is 0 Å². The zero-order valence-electron chi connectivity index (χ0n) is 22.0. The number of nitrogens with zero attached hydrogens (tertiary/aromatic N) is 5. The topological polar surface area (TPSA) is 107 Å². The first-order chi connectivity index (χ1) is 18.2. The van der Waals surface area contributed by atoms with Gasteiger partial charge in [-0.25, -0.2) is 14.8 Å². The zero-order chi connectivity index (χ0) is 26.9. The molecular formula is C27H34ClN7O3. The maximum Gasteiger partial charge on any atom is 0.410 e. The number of benzene rings is 1. The Kier molecular flexibility index (Phi) is 7.45. The molecule has 2 amide bonds. The van der Waals surface area contributed by atoms with Crippen LogP contribution < -0.4 is 5.32 Å². The fourth-order valence-electron chi connectivity index (χ4n) is 4.93. The van der Waals surface area contributed by atoms with Gasteiger partial charge in [0.25, 0.3) is 0 Å². The number of carbonyl (C=O) groups excluding carboxylic acids is 2. The van der Waals surface area contributed by atoms with Gasteiger partial charge in [0, 0.05) is 68.0 Å². The average molecular weight is 540 g/mol. The number of H-pyrrole nitrogens is 1. The highest BCUT2D eigenvalue weighted by atomic mass is 35.5. The minimum atomic E-state index is -0.528. The molecule has 2 saturated heterocycles. The van der Waals surface area contributed by atoms with Crippen LogP contribution in [-0.2, 0) is 9.53 Å². The Morgan fingerprint density at radius 2 is 1.87 bits per heavy atom. The molecule has 3 aromatic rings. The molecule has 2 aromatic heterocycles. The molecule has 2 aliphatic rings. The summed E-state index contributed by atoms with van der Waals surface area (Å²) >= 11 is 6.47. The van der Waals surface area contributed by atoms with Crippen molar-refractivity contribution in [1.82, 2.24) is 29.7 Å². The third-order valence-corrected chi connectivity index (χ3v) is 7.11. The Bertz CT molecular complexity index is 1310. The van der Waals surface area contributed by atoms with Crippen molar-refractivity contribution in [3.63, 3.8) is 0 Å². The lowest BCUT2D eigenvalue weighted by molar-refractivity contribution is -0.133. The number of anilines is 1. The van der Waals surface area contributed by atoms with Gasteiger partial charge in [-0.2, -0.15) is 0 Å². The van der Waals surface area contributed by atoms with Crippen LogP contribution in [-0.4, -0.2) is 99.1 Å². The van der Waals surface area contributed by atoms with E-state index in [0.29, 0.717) is 49.4 Å². The molecule has 2 N–H and O–H groups in total. The highest BCUT2D eigenvalue weighted by Gasteiger charge is 2.30. The number of aromatic amines is 1. The third kappa shape index (κ3) is 6.02. The number of hydrogen-bond donors (Lipinski definition) is 2. The van der Waals surface area contributed by atoms with Gasteiger partial charge in [0.15, 0.2) is 0 Å². The van der Waals surface area contributed by atoms with Crippen molar-refractivity contribution in [3.8, 4) is 11.3 Å². The fourth-order valence-corrected chi connectivity index (χ4v) is 5.12. The van der Waals surface area contributed by atoms with Crippen LogP contribution >= 0.6 is 11.6 Å². The highest BCUT2D eigenvalue weighted by molar-refractivity contribution is 6.33. The number of para-hydroxylation sites is 1. The third-order valence-electron chi connectivity index (χ3n) is 6.84. The number of amides is 2. The van der Waals surface area contributed by atoms with Crippen molar-refractivity contribution in [1.29, 1.82) is 0 Å². The largest absolute Gasteiger partial charge is 0.444 e. The Labute approximate surface area is 227 Å². The summed E-state index contributed by atoms with van der Waals surface area (Å²) < 4.78 is 5.44. The SMILES string of the molecule is CC(C)(C)OC(=O)N1CCN(C(=O)CN2CC[C@@H](Nc3ncc(Cl)c(-c4c[nH]c5ccccc45)n3)C2)CC1. The molecule has 0 radical (unpaired) electrons. The van der Waals surface area contributed by atoms with Gasteiger partial charge in [-0.05, 0) is 33.3 Å². The van der Waals surface area contributed by atoms with Gasteiger partial charge >= 0.3 is 6.09 Å². The second-order valence-electron chi connectivity index (χ2n) is 10.9. The Balaban J connectivity index is 1.13. The van der Waals surface area contributed by atoms with Crippen LogP contribution in [0.3, 0.4) is 0 Å². The summed E-state index contributed by atoms with van der Waals surface area (Å²) in [5, 5.41) is 4.97. The minimum Gasteiger partial charge on any atom is -0.444 e. The molecule has 38 heavy (non-hydrogen) atoms. The summed E-state index contributed by atoms with van der Waals surface area (Å²) in [6, 6.07) is 8.16. The predicted molar refractivity (Wildman–Crippen MR) is 147 cm³/mol. The van der Waals surface area contributed by atoms with E-state index >= 15 is 0 Å².